The first-order valence-electron chi connectivity index (χ1n) is 9.14. The molecule has 0 radical (unpaired) electrons. The predicted molar refractivity (Wildman–Crippen MR) is 109 cm³/mol. The zero-order valence-electron chi connectivity index (χ0n) is 14.7. The van der Waals surface area contributed by atoms with Crippen molar-refractivity contribution in [1.82, 2.24) is 9.88 Å². The summed E-state index contributed by atoms with van der Waals surface area (Å²) in [7, 11) is 0. The van der Waals surface area contributed by atoms with Crippen molar-refractivity contribution in [1.29, 1.82) is 0 Å². The smallest absolute Gasteiger partial charge is 0.254 e. The Morgan fingerprint density at radius 2 is 2.12 bits per heavy atom. The van der Waals surface area contributed by atoms with Crippen molar-refractivity contribution in [3.63, 3.8) is 0 Å². The molecule has 0 bridgehead atoms. The summed E-state index contributed by atoms with van der Waals surface area (Å²) in [5, 5.41) is 0.921. The number of thiophene rings is 1. The summed E-state index contributed by atoms with van der Waals surface area (Å²) in [5.41, 5.74) is 2.41. The number of hydrogen-bond acceptors (Lipinski definition) is 3. The summed E-state index contributed by atoms with van der Waals surface area (Å²) >= 11 is 7.59. The summed E-state index contributed by atoms with van der Waals surface area (Å²) in [6.45, 7) is 3.01. The van der Waals surface area contributed by atoms with E-state index in [1.54, 1.807) is 0 Å². The molecule has 3 aromatic rings. The van der Waals surface area contributed by atoms with E-state index in [-0.39, 0.29) is 5.91 Å². The van der Waals surface area contributed by atoms with Gasteiger partial charge in [-0.3, -0.25) is 4.79 Å². The van der Waals surface area contributed by atoms with Gasteiger partial charge in [0, 0.05) is 18.0 Å². The third-order valence-electron chi connectivity index (χ3n) is 5.13. The molecule has 1 aliphatic heterocycles. The molecule has 1 saturated heterocycles. The van der Waals surface area contributed by atoms with E-state index in [0.717, 1.165) is 57.2 Å². The Labute approximate surface area is 162 Å². The fourth-order valence-corrected chi connectivity index (χ4v) is 4.78. The molecule has 1 atom stereocenters. The second-order valence-corrected chi connectivity index (χ2v) is 8.45. The van der Waals surface area contributed by atoms with Gasteiger partial charge in [0.1, 0.15) is 0 Å². The van der Waals surface area contributed by atoms with Crippen LogP contribution in [0.5, 0.6) is 0 Å². The molecule has 0 N–H and O–H groups in total. The van der Waals surface area contributed by atoms with Gasteiger partial charge < -0.3 is 4.90 Å². The van der Waals surface area contributed by atoms with Crippen LogP contribution in [0.1, 0.15) is 43.0 Å². The highest BCUT2D eigenvalue weighted by molar-refractivity contribution is 7.19. The van der Waals surface area contributed by atoms with Crippen molar-refractivity contribution >= 4 is 39.7 Å². The van der Waals surface area contributed by atoms with Crippen LogP contribution in [0.2, 0.25) is 4.34 Å². The Morgan fingerprint density at radius 1 is 1.27 bits per heavy atom. The van der Waals surface area contributed by atoms with Gasteiger partial charge in [0.2, 0.25) is 0 Å². The quantitative estimate of drug-likeness (QED) is 0.553. The molecule has 1 amide bonds. The number of amides is 1. The van der Waals surface area contributed by atoms with Crippen LogP contribution in [0.15, 0.2) is 42.5 Å². The van der Waals surface area contributed by atoms with Gasteiger partial charge in [-0.15, -0.1) is 11.3 Å². The van der Waals surface area contributed by atoms with Crippen LogP contribution in [0.3, 0.4) is 0 Å². The molecule has 0 spiro atoms. The first-order chi connectivity index (χ1) is 12.7. The minimum absolute atomic E-state index is 0.124. The number of fused-ring (bicyclic) bond motifs is 1. The first kappa shape index (κ1) is 17.5. The van der Waals surface area contributed by atoms with Gasteiger partial charge in [-0.2, -0.15) is 0 Å². The zero-order valence-corrected chi connectivity index (χ0v) is 16.3. The van der Waals surface area contributed by atoms with E-state index in [9.17, 15) is 4.79 Å². The lowest BCUT2D eigenvalue weighted by molar-refractivity contribution is 0.0610. The fraction of sp³-hybridized carbons (Fsp3) is 0.333. The Morgan fingerprint density at radius 3 is 2.88 bits per heavy atom. The summed E-state index contributed by atoms with van der Waals surface area (Å²) in [6.07, 6.45) is 4.39. The average molecular weight is 385 g/mol. The summed E-state index contributed by atoms with van der Waals surface area (Å²) in [4.78, 5) is 21.3. The van der Waals surface area contributed by atoms with Crippen molar-refractivity contribution in [2.45, 2.75) is 38.6 Å². The number of nitrogens with zero attached hydrogens (tertiary/aromatic N) is 2. The largest absolute Gasteiger partial charge is 0.336 e. The van der Waals surface area contributed by atoms with Crippen LogP contribution < -0.4 is 0 Å². The van der Waals surface area contributed by atoms with Gasteiger partial charge in [0.05, 0.1) is 26.0 Å². The number of para-hydroxylation sites is 1. The van der Waals surface area contributed by atoms with E-state index in [2.05, 4.69) is 11.8 Å². The van der Waals surface area contributed by atoms with Crippen molar-refractivity contribution in [2.75, 3.05) is 6.54 Å². The SMILES string of the molecule is CC[C@H]1CCCCN1C(=O)c1cc(-c2ccc(Cl)s2)nc2ccccc12. The minimum atomic E-state index is 0.124. The van der Waals surface area contributed by atoms with E-state index in [1.807, 2.05) is 42.5 Å². The number of halogens is 1. The highest BCUT2D eigenvalue weighted by Gasteiger charge is 2.27. The predicted octanol–water partition coefficient (Wildman–Crippen LogP) is 6.02. The zero-order chi connectivity index (χ0) is 18.1. The number of aromatic nitrogens is 1. The van der Waals surface area contributed by atoms with Gasteiger partial charge in [-0.1, -0.05) is 36.7 Å². The van der Waals surface area contributed by atoms with E-state index in [4.69, 9.17) is 16.6 Å². The van der Waals surface area contributed by atoms with Crippen molar-refractivity contribution in [3.05, 3.63) is 52.4 Å². The van der Waals surface area contributed by atoms with Gasteiger partial charge >= 0.3 is 0 Å². The summed E-state index contributed by atoms with van der Waals surface area (Å²) < 4.78 is 0.727. The van der Waals surface area contributed by atoms with Gasteiger partial charge in [0.25, 0.3) is 5.91 Å². The number of carbonyl (C=O) groups excluding carboxylic acids is 1. The molecule has 2 aromatic heterocycles. The minimum Gasteiger partial charge on any atom is -0.336 e. The third kappa shape index (κ3) is 3.24. The van der Waals surface area contributed by atoms with Gasteiger partial charge in [-0.25, -0.2) is 4.98 Å². The second kappa shape index (κ2) is 7.37. The Balaban J connectivity index is 1.83. The van der Waals surface area contributed by atoms with Crippen LogP contribution in [0.25, 0.3) is 21.5 Å². The van der Waals surface area contributed by atoms with Crippen LogP contribution in [0.4, 0.5) is 0 Å². The van der Waals surface area contributed by atoms with Gasteiger partial charge in [0.15, 0.2) is 0 Å². The van der Waals surface area contributed by atoms with Crippen molar-refractivity contribution in [3.8, 4) is 10.6 Å². The molecule has 0 aliphatic carbocycles. The number of rotatable bonds is 3. The summed E-state index contributed by atoms with van der Waals surface area (Å²) in [5.74, 6) is 0.124. The second-order valence-electron chi connectivity index (χ2n) is 6.73. The monoisotopic (exact) mass is 384 g/mol. The van der Waals surface area contributed by atoms with E-state index in [0.29, 0.717) is 6.04 Å². The number of hydrogen-bond donors (Lipinski definition) is 0. The van der Waals surface area contributed by atoms with Crippen molar-refractivity contribution < 1.29 is 4.79 Å². The number of carbonyl (C=O) groups is 1. The molecule has 0 saturated carbocycles. The maximum Gasteiger partial charge on any atom is 0.254 e. The maximum atomic E-state index is 13.4. The first-order valence-corrected chi connectivity index (χ1v) is 10.3. The lowest BCUT2D eigenvalue weighted by atomic mass is 9.97. The third-order valence-corrected chi connectivity index (χ3v) is 6.39. The van der Waals surface area contributed by atoms with E-state index in [1.165, 1.54) is 17.8 Å². The maximum absolute atomic E-state index is 13.4. The van der Waals surface area contributed by atoms with Gasteiger partial charge in [-0.05, 0) is 49.9 Å². The Bertz CT molecular complexity index is 952. The van der Waals surface area contributed by atoms with Crippen molar-refractivity contribution in [2.24, 2.45) is 0 Å². The molecule has 1 fully saturated rings. The van der Waals surface area contributed by atoms with Crippen LogP contribution in [-0.2, 0) is 0 Å². The molecule has 1 aliphatic rings. The van der Waals surface area contributed by atoms with E-state index >= 15 is 0 Å². The molecule has 4 rings (SSSR count). The van der Waals surface area contributed by atoms with Crippen LogP contribution in [-0.4, -0.2) is 28.4 Å². The highest BCUT2D eigenvalue weighted by atomic mass is 35.5. The molecule has 134 valence electrons. The van der Waals surface area contributed by atoms with Crippen LogP contribution >= 0.6 is 22.9 Å². The molecule has 1 aromatic carbocycles. The number of benzene rings is 1. The Hall–Kier alpha value is -1.91. The fourth-order valence-electron chi connectivity index (χ4n) is 3.78. The molecule has 5 heteroatoms. The number of pyridine rings is 1. The molecule has 26 heavy (non-hydrogen) atoms. The van der Waals surface area contributed by atoms with Crippen LogP contribution in [0, 0.1) is 0 Å². The lowest BCUT2D eigenvalue weighted by Crippen LogP contribution is -2.43. The molecular formula is C21H21ClN2OS. The normalized spacial score (nSPS) is 17.6. The Kier molecular flexibility index (Phi) is 4.96. The topological polar surface area (TPSA) is 33.2 Å². The summed E-state index contributed by atoms with van der Waals surface area (Å²) in [6, 6.07) is 14.0. The molecule has 3 nitrogen and oxygen atoms in total. The molecular weight excluding hydrogens is 364 g/mol. The number of likely N-dealkylation sites (tertiary alicyclic amines) is 1. The van der Waals surface area contributed by atoms with E-state index < -0.39 is 0 Å². The number of piperidine rings is 1. The lowest BCUT2D eigenvalue weighted by Gasteiger charge is -2.35. The molecule has 3 heterocycles. The standard InChI is InChI=1S/C21H21ClN2OS/c1-2-14-7-5-6-12-24(14)21(25)16-13-18(19-10-11-20(22)26-19)23-17-9-4-3-8-15(16)17/h3-4,8-11,13-14H,2,5-7,12H2,1H3/t14-/m0/s1. The molecule has 0 unspecified atom stereocenters. The average Bonchev–Trinajstić information content (AvgIpc) is 3.13. The highest BCUT2D eigenvalue weighted by Crippen LogP contribution is 2.33.